The molecule has 3 aromatic rings. The quantitative estimate of drug-likeness (QED) is 0.752. The summed E-state index contributed by atoms with van der Waals surface area (Å²) < 4.78 is 30.3. The molecule has 0 saturated heterocycles. The molecule has 0 amide bonds. The van der Waals surface area contributed by atoms with Gasteiger partial charge in [-0.1, -0.05) is 0 Å². The summed E-state index contributed by atoms with van der Waals surface area (Å²) in [5.74, 6) is 1.02. The summed E-state index contributed by atoms with van der Waals surface area (Å²) in [7, 11) is -1.85. The Labute approximate surface area is 126 Å². The lowest BCUT2D eigenvalue weighted by atomic mass is 10.1. The zero-order valence-electron chi connectivity index (χ0n) is 11.9. The van der Waals surface area contributed by atoms with Crippen molar-refractivity contribution in [3.63, 3.8) is 0 Å². The first-order valence-corrected chi connectivity index (χ1v) is 8.18. The molecule has 0 saturated carbocycles. The Morgan fingerprint density at radius 1 is 1.23 bits per heavy atom. The van der Waals surface area contributed by atoms with Crippen LogP contribution in [0, 0.1) is 0 Å². The number of aromatic amines is 1. The van der Waals surface area contributed by atoms with E-state index in [0.29, 0.717) is 34.1 Å². The highest BCUT2D eigenvalue weighted by Crippen LogP contribution is 2.31. The van der Waals surface area contributed by atoms with E-state index in [2.05, 4.69) is 24.7 Å². The van der Waals surface area contributed by atoms with Gasteiger partial charge in [0.25, 0.3) is 0 Å². The third-order valence-electron chi connectivity index (χ3n) is 2.89. The smallest absolute Gasteiger partial charge is 0.229 e. The van der Waals surface area contributed by atoms with Crippen LogP contribution in [-0.4, -0.2) is 41.7 Å². The highest BCUT2D eigenvalue weighted by molar-refractivity contribution is 7.92. The molecule has 0 radical (unpaired) electrons. The van der Waals surface area contributed by atoms with E-state index in [1.807, 2.05) is 0 Å². The normalized spacial score (nSPS) is 11.5. The fourth-order valence-electron chi connectivity index (χ4n) is 2.04. The molecule has 2 N–H and O–H groups in total. The molecule has 2 heterocycles. The third-order valence-corrected chi connectivity index (χ3v) is 3.50. The van der Waals surface area contributed by atoms with Crippen molar-refractivity contribution in [3.05, 3.63) is 30.6 Å². The zero-order chi connectivity index (χ0) is 15.7. The van der Waals surface area contributed by atoms with Crippen LogP contribution in [-0.2, 0) is 10.0 Å². The number of hydrogen-bond donors (Lipinski definition) is 2. The Morgan fingerprint density at radius 3 is 2.68 bits per heavy atom. The predicted molar refractivity (Wildman–Crippen MR) is 82.1 cm³/mol. The van der Waals surface area contributed by atoms with Gasteiger partial charge in [0.15, 0.2) is 11.3 Å². The van der Waals surface area contributed by atoms with Gasteiger partial charge in [0.05, 0.1) is 24.6 Å². The molecular weight excluding hydrogens is 306 g/mol. The number of aromatic nitrogens is 4. The first kappa shape index (κ1) is 14.3. The maximum absolute atomic E-state index is 11.3. The second-order valence-electron chi connectivity index (χ2n) is 4.60. The number of anilines is 1. The van der Waals surface area contributed by atoms with Crippen LogP contribution in [0.4, 0.5) is 5.69 Å². The molecule has 0 aliphatic rings. The van der Waals surface area contributed by atoms with Gasteiger partial charge in [0.2, 0.25) is 10.0 Å². The summed E-state index contributed by atoms with van der Waals surface area (Å²) in [4.78, 5) is 15.6. The van der Waals surface area contributed by atoms with E-state index in [0.717, 1.165) is 6.26 Å². The van der Waals surface area contributed by atoms with Crippen LogP contribution in [0.3, 0.4) is 0 Å². The number of rotatable bonds is 4. The molecule has 0 fully saturated rings. The average Bonchev–Trinajstić information content (AvgIpc) is 2.89. The minimum absolute atomic E-state index is 0.412. The van der Waals surface area contributed by atoms with Crippen molar-refractivity contribution < 1.29 is 13.2 Å². The Balaban J connectivity index is 2.06. The maximum atomic E-state index is 11.3. The van der Waals surface area contributed by atoms with Gasteiger partial charge in [0.1, 0.15) is 11.6 Å². The second kappa shape index (κ2) is 5.26. The lowest BCUT2D eigenvalue weighted by Crippen LogP contribution is -2.09. The molecule has 3 rings (SSSR count). The van der Waals surface area contributed by atoms with Crippen molar-refractivity contribution in [1.29, 1.82) is 0 Å². The van der Waals surface area contributed by atoms with Gasteiger partial charge in [-0.25, -0.2) is 23.4 Å². The lowest BCUT2D eigenvalue weighted by Gasteiger charge is -2.09. The fraction of sp³-hybridized carbons (Fsp3) is 0.154. The van der Waals surface area contributed by atoms with Crippen LogP contribution in [0.1, 0.15) is 0 Å². The Morgan fingerprint density at radius 2 is 2.00 bits per heavy atom. The van der Waals surface area contributed by atoms with E-state index < -0.39 is 10.0 Å². The second-order valence-corrected chi connectivity index (χ2v) is 6.35. The summed E-state index contributed by atoms with van der Waals surface area (Å²) in [6.07, 6.45) is 4.22. The highest BCUT2D eigenvalue weighted by Gasteiger charge is 2.13. The van der Waals surface area contributed by atoms with Crippen LogP contribution in [0.15, 0.2) is 30.6 Å². The van der Waals surface area contributed by atoms with Crippen molar-refractivity contribution in [1.82, 2.24) is 19.9 Å². The first-order chi connectivity index (χ1) is 10.5. The number of nitrogens with zero attached hydrogens (tertiary/aromatic N) is 3. The van der Waals surface area contributed by atoms with Gasteiger partial charge in [-0.05, 0) is 12.1 Å². The highest BCUT2D eigenvalue weighted by atomic mass is 32.2. The monoisotopic (exact) mass is 319 g/mol. The zero-order valence-corrected chi connectivity index (χ0v) is 12.7. The van der Waals surface area contributed by atoms with Crippen LogP contribution in [0.25, 0.3) is 22.7 Å². The molecule has 2 aromatic heterocycles. The van der Waals surface area contributed by atoms with Gasteiger partial charge in [0, 0.05) is 18.5 Å². The van der Waals surface area contributed by atoms with Crippen molar-refractivity contribution in [2.75, 3.05) is 18.1 Å². The van der Waals surface area contributed by atoms with Gasteiger partial charge in [-0.2, -0.15) is 0 Å². The summed E-state index contributed by atoms with van der Waals surface area (Å²) in [5, 5.41) is 0. The number of ether oxygens (including phenoxy) is 1. The van der Waals surface area contributed by atoms with E-state index in [4.69, 9.17) is 4.74 Å². The third kappa shape index (κ3) is 2.84. The molecule has 0 bridgehead atoms. The van der Waals surface area contributed by atoms with Gasteiger partial charge in [-0.3, -0.25) is 4.72 Å². The number of benzene rings is 1. The van der Waals surface area contributed by atoms with E-state index in [-0.39, 0.29) is 0 Å². The number of fused-ring (bicyclic) bond motifs is 1. The molecular formula is C13H13N5O3S. The predicted octanol–water partition coefficient (Wildman–Crippen LogP) is 1.40. The fourth-order valence-corrected chi connectivity index (χ4v) is 2.59. The van der Waals surface area contributed by atoms with E-state index in [1.54, 1.807) is 30.6 Å². The SMILES string of the molecule is COc1cc(NS(C)(=O)=O)ccc1-c1nc2nccnc2[nH]1. The maximum Gasteiger partial charge on any atom is 0.229 e. The van der Waals surface area contributed by atoms with Crippen molar-refractivity contribution in [2.24, 2.45) is 0 Å². The number of methoxy groups -OCH3 is 1. The molecule has 0 atom stereocenters. The molecule has 0 aliphatic heterocycles. The topological polar surface area (TPSA) is 110 Å². The molecule has 0 aliphatic carbocycles. The number of hydrogen-bond acceptors (Lipinski definition) is 6. The van der Waals surface area contributed by atoms with Gasteiger partial charge >= 0.3 is 0 Å². The van der Waals surface area contributed by atoms with Crippen LogP contribution < -0.4 is 9.46 Å². The molecule has 22 heavy (non-hydrogen) atoms. The standard InChI is InChI=1S/C13H13N5O3S/c1-21-10-7-8(18-22(2,19)20)3-4-9(10)11-16-12-13(17-11)15-6-5-14-12/h3-7,18H,1-2H3,(H,14,15,16,17). The van der Waals surface area contributed by atoms with E-state index >= 15 is 0 Å². The Bertz CT molecular complexity index is 903. The van der Waals surface area contributed by atoms with Crippen LogP contribution in [0.5, 0.6) is 5.75 Å². The van der Waals surface area contributed by atoms with E-state index in [9.17, 15) is 8.42 Å². The molecule has 9 heteroatoms. The minimum atomic E-state index is -3.35. The number of nitrogens with one attached hydrogen (secondary N) is 2. The number of imidazole rings is 1. The van der Waals surface area contributed by atoms with E-state index in [1.165, 1.54) is 7.11 Å². The molecule has 0 unspecified atom stereocenters. The summed E-state index contributed by atoms with van der Waals surface area (Å²) in [5.41, 5.74) is 2.16. The largest absolute Gasteiger partial charge is 0.496 e. The molecule has 8 nitrogen and oxygen atoms in total. The van der Waals surface area contributed by atoms with Crippen LogP contribution >= 0.6 is 0 Å². The van der Waals surface area contributed by atoms with Crippen molar-refractivity contribution in [2.45, 2.75) is 0 Å². The molecule has 0 spiro atoms. The Kier molecular flexibility index (Phi) is 3.41. The van der Waals surface area contributed by atoms with Crippen molar-refractivity contribution in [3.8, 4) is 17.1 Å². The van der Waals surface area contributed by atoms with Crippen molar-refractivity contribution >= 4 is 27.0 Å². The summed E-state index contributed by atoms with van der Waals surface area (Å²) in [6, 6.07) is 4.93. The van der Waals surface area contributed by atoms with Crippen LogP contribution in [0.2, 0.25) is 0 Å². The van der Waals surface area contributed by atoms with Gasteiger partial charge < -0.3 is 9.72 Å². The first-order valence-electron chi connectivity index (χ1n) is 6.29. The molecule has 1 aromatic carbocycles. The average molecular weight is 319 g/mol. The Hall–Kier alpha value is -2.68. The lowest BCUT2D eigenvalue weighted by molar-refractivity contribution is 0.416. The number of sulfonamides is 1. The van der Waals surface area contributed by atoms with Gasteiger partial charge in [-0.15, -0.1) is 0 Å². The minimum Gasteiger partial charge on any atom is -0.496 e. The summed E-state index contributed by atoms with van der Waals surface area (Å²) >= 11 is 0. The molecule has 114 valence electrons. The number of H-pyrrole nitrogens is 1. The summed E-state index contributed by atoms with van der Waals surface area (Å²) in [6.45, 7) is 0.